The lowest BCUT2D eigenvalue weighted by molar-refractivity contribution is 0.183. The maximum atomic E-state index is 6.08. The Kier molecular flexibility index (Phi) is 3.84. The summed E-state index contributed by atoms with van der Waals surface area (Å²) in [5.41, 5.74) is 1.78. The number of anilines is 1. The van der Waals surface area contributed by atoms with E-state index >= 15 is 0 Å². The average Bonchev–Trinajstić information content (AvgIpc) is 2.79. The molecule has 1 aromatic heterocycles. The quantitative estimate of drug-likeness (QED) is 0.902. The van der Waals surface area contributed by atoms with Crippen LogP contribution in [-0.4, -0.2) is 29.2 Å². The molecule has 2 atom stereocenters. The van der Waals surface area contributed by atoms with Gasteiger partial charge in [-0.3, -0.25) is 0 Å². The second-order valence-corrected chi connectivity index (χ2v) is 4.95. The van der Waals surface area contributed by atoms with Crippen LogP contribution >= 0.6 is 11.6 Å². The van der Waals surface area contributed by atoms with Crippen molar-refractivity contribution in [3.05, 3.63) is 16.5 Å². The van der Waals surface area contributed by atoms with Gasteiger partial charge in [0.05, 0.1) is 18.0 Å². The number of hydrogen-bond acceptors (Lipinski definition) is 4. The molecule has 4 nitrogen and oxygen atoms in total. The highest BCUT2D eigenvalue weighted by molar-refractivity contribution is 6.31. The summed E-state index contributed by atoms with van der Waals surface area (Å²) in [6, 6.07) is 0.298. The van der Waals surface area contributed by atoms with Crippen LogP contribution in [0, 0.1) is 19.8 Å². The lowest BCUT2D eigenvalue weighted by atomic mass is 10.0. The Morgan fingerprint density at radius 1 is 1.35 bits per heavy atom. The van der Waals surface area contributed by atoms with Crippen LogP contribution in [0.3, 0.4) is 0 Å². The Labute approximate surface area is 107 Å². The van der Waals surface area contributed by atoms with Crippen molar-refractivity contribution in [2.75, 3.05) is 18.5 Å². The SMILES string of the molecule is Cc1nc(Cl)c(NC(C)C2CCOC2)nc1C. The van der Waals surface area contributed by atoms with Crippen molar-refractivity contribution in [1.82, 2.24) is 9.97 Å². The maximum Gasteiger partial charge on any atom is 0.171 e. The molecule has 1 N–H and O–H groups in total. The smallest absolute Gasteiger partial charge is 0.171 e. The van der Waals surface area contributed by atoms with Crippen LogP contribution in [0.5, 0.6) is 0 Å². The molecule has 0 aromatic carbocycles. The Morgan fingerprint density at radius 3 is 2.71 bits per heavy atom. The van der Waals surface area contributed by atoms with Gasteiger partial charge in [-0.05, 0) is 27.2 Å². The van der Waals surface area contributed by atoms with Gasteiger partial charge in [-0.15, -0.1) is 0 Å². The van der Waals surface area contributed by atoms with Crippen LogP contribution in [0.4, 0.5) is 5.82 Å². The van der Waals surface area contributed by atoms with Crippen LogP contribution in [0.25, 0.3) is 0 Å². The third-order valence-corrected chi connectivity index (χ3v) is 3.56. The highest BCUT2D eigenvalue weighted by atomic mass is 35.5. The first kappa shape index (κ1) is 12.6. The number of ether oxygens (including phenoxy) is 1. The molecule has 2 unspecified atom stereocenters. The molecule has 0 aliphatic carbocycles. The topological polar surface area (TPSA) is 47.0 Å². The predicted molar refractivity (Wildman–Crippen MR) is 68.5 cm³/mol. The van der Waals surface area contributed by atoms with Crippen LogP contribution < -0.4 is 5.32 Å². The molecule has 1 aliphatic rings. The number of aryl methyl sites for hydroxylation is 2. The van der Waals surface area contributed by atoms with Crippen molar-refractivity contribution in [3.8, 4) is 0 Å². The Hall–Kier alpha value is -0.870. The van der Waals surface area contributed by atoms with Crippen LogP contribution in [0.2, 0.25) is 5.15 Å². The normalized spacial score (nSPS) is 21.5. The van der Waals surface area contributed by atoms with E-state index in [0.29, 0.717) is 22.9 Å². The summed E-state index contributed by atoms with van der Waals surface area (Å²) in [5, 5.41) is 3.78. The monoisotopic (exact) mass is 255 g/mol. The zero-order chi connectivity index (χ0) is 12.4. The van der Waals surface area contributed by atoms with Gasteiger partial charge in [-0.2, -0.15) is 0 Å². The van der Waals surface area contributed by atoms with Gasteiger partial charge in [0, 0.05) is 18.6 Å². The van der Waals surface area contributed by atoms with E-state index in [1.54, 1.807) is 0 Å². The number of aromatic nitrogens is 2. The standard InChI is InChI=1S/C12H18ClN3O/c1-7-8(2)15-12(11(13)14-7)16-9(3)10-4-5-17-6-10/h9-10H,4-6H2,1-3H3,(H,15,16). The van der Waals surface area contributed by atoms with Crippen LogP contribution in [0.1, 0.15) is 24.7 Å². The molecule has 1 aliphatic heterocycles. The number of rotatable bonds is 3. The van der Waals surface area contributed by atoms with Gasteiger partial charge < -0.3 is 10.1 Å². The van der Waals surface area contributed by atoms with Crippen molar-refractivity contribution in [1.29, 1.82) is 0 Å². The first-order valence-corrected chi connectivity index (χ1v) is 6.30. The van der Waals surface area contributed by atoms with E-state index in [0.717, 1.165) is 31.0 Å². The summed E-state index contributed by atoms with van der Waals surface area (Å²) in [7, 11) is 0. The van der Waals surface area contributed by atoms with Gasteiger partial charge in [-0.1, -0.05) is 11.6 Å². The number of halogens is 1. The summed E-state index contributed by atoms with van der Waals surface area (Å²) >= 11 is 6.08. The fourth-order valence-electron chi connectivity index (χ4n) is 1.95. The van der Waals surface area contributed by atoms with Gasteiger partial charge in [0.1, 0.15) is 0 Å². The molecule has 0 bridgehead atoms. The zero-order valence-electron chi connectivity index (χ0n) is 10.5. The first-order valence-electron chi connectivity index (χ1n) is 5.93. The maximum absolute atomic E-state index is 6.08. The average molecular weight is 256 g/mol. The molecule has 0 spiro atoms. The Bertz CT molecular complexity index is 405. The van der Waals surface area contributed by atoms with E-state index in [1.165, 1.54) is 0 Å². The van der Waals surface area contributed by atoms with Crippen molar-refractivity contribution in [3.63, 3.8) is 0 Å². The van der Waals surface area contributed by atoms with Crippen LogP contribution in [0.15, 0.2) is 0 Å². The molecule has 1 saturated heterocycles. The molecule has 94 valence electrons. The lowest BCUT2D eigenvalue weighted by Gasteiger charge is -2.20. The first-order chi connectivity index (χ1) is 8.08. The van der Waals surface area contributed by atoms with E-state index in [2.05, 4.69) is 22.2 Å². The highest BCUT2D eigenvalue weighted by Crippen LogP contribution is 2.23. The van der Waals surface area contributed by atoms with Gasteiger partial charge in [0.2, 0.25) is 0 Å². The summed E-state index contributed by atoms with van der Waals surface area (Å²) in [6.45, 7) is 7.64. The largest absolute Gasteiger partial charge is 0.381 e. The van der Waals surface area contributed by atoms with Gasteiger partial charge in [-0.25, -0.2) is 9.97 Å². The predicted octanol–water partition coefficient (Wildman–Crippen LogP) is 2.58. The molecule has 17 heavy (non-hydrogen) atoms. The Balaban J connectivity index is 2.09. The van der Waals surface area contributed by atoms with Crippen molar-refractivity contribution in [2.45, 2.75) is 33.2 Å². The molecule has 5 heteroatoms. The molecular formula is C12H18ClN3O. The van der Waals surface area contributed by atoms with Crippen molar-refractivity contribution in [2.24, 2.45) is 5.92 Å². The van der Waals surface area contributed by atoms with Crippen molar-refractivity contribution < 1.29 is 4.74 Å². The second-order valence-electron chi connectivity index (χ2n) is 4.59. The Morgan fingerprint density at radius 2 is 2.06 bits per heavy atom. The summed E-state index contributed by atoms with van der Waals surface area (Å²) in [6.07, 6.45) is 1.09. The summed E-state index contributed by atoms with van der Waals surface area (Å²) in [4.78, 5) is 8.70. The van der Waals surface area contributed by atoms with Crippen molar-refractivity contribution >= 4 is 17.4 Å². The van der Waals surface area contributed by atoms with E-state index in [4.69, 9.17) is 16.3 Å². The number of nitrogens with one attached hydrogen (secondary N) is 1. The molecule has 0 radical (unpaired) electrons. The minimum Gasteiger partial charge on any atom is -0.381 e. The summed E-state index contributed by atoms with van der Waals surface area (Å²) < 4.78 is 5.38. The number of nitrogens with zero attached hydrogens (tertiary/aromatic N) is 2. The van der Waals surface area contributed by atoms with Gasteiger partial charge >= 0.3 is 0 Å². The molecule has 2 heterocycles. The van der Waals surface area contributed by atoms with E-state index in [9.17, 15) is 0 Å². The molecule has 1 fully saturated rings. The molecule has 0 amide bonds. The molecule has 0 saturated carbocycles. The van der Waals surface area contributed by atoms with Gasteiger partial charge in [0.15, 0.2) is 11.0 Å². The highest BCUT2D eigenvalue weighted by Gasteiger charge is 2.23. The third kappa shape index (κ3) is 2.87. The van der Waals surface area contributed by atoms with E-state index < -0.39 is 0 Å². The molecule has 2 rings (SSSR count). The van der Waals surface area contributed by atoms with Gasteiger partial charge in [0.25, 0.3) is 0 Å². The zero-order valence-corrected chi connectivity index (χ0v) is 11.2. The third-order valence-electron chi connectivity index (χ3n) is 3.30. The minimum absolute atomic E-state index is 0.298. The minimum atomic E-state index is 0.298. The fourth-order valence-corrected chi connectivity index (χ4v) is 2.17. The number of hydrogen-bond donors (Lipinski definition) is 1. The second kappa shape index (κ2) is 5.19. The molecular weight excluding hydrogens is 238 g/mol. The lowest BCUT2D eigenvalue weighted by Crippen LogP contribution is -2.27. The van der Waals surface area contributed by atoms with E-state index in [-0.39, 0.29) is 0 Å². The fraction of sp³-hybridized carbons (Fsp3) is 0.667. The van der Waals surface area contributed by atoms with Crippen LogP contribution in [-0.2, 0) is 4.74 Å². The molecule has 1 aromatic rings. The summed E-state index contributed by atoms with van der Waals surface area (Å²) in [5.74, 6) is 1.20. The van der Waals surface area contributed by atoms with E-state index in [1.807, 2.05) is 13.8 Å².